The average molecular weight is 356 g/mol. The van der Waals surface area contributed by atoms with Crippen molar-refractivity contribution in [1.82, 2.24) is 0 Å². The lowest BCUT2D eigenvalue weighted by atomic mass is 9.71. The largest absolute Gasteiger partial charge is 0.391 e. The maximum atomic E-state index is 13.3. The van der Waals surface area contributed by atoms with Gasteiger partial charge in [-0.05, 0) is 31.2 Å². The number of carbonyl (C=O) groups is 1. The fourth-order valence-corrected chi connectivity index (χ4v) is 3.44. The normalized spacial score (nSPS) is 22.8. The minimum absolute atomic E-state index is 0.147. The van der Waals surface area contributed by atoms with Crippen LogP contribution in [0.15, 0.2) is 30.3 Å². The summed E-state index contributed by atoms with van der Waals surface area (Å²) in [6.07, 6.45) is -2.29. The molecule has 0 aromatic heterocycles. The first-order valence-electron chi connectivity index (χ1n) is 8.50. The predicted octanol–water partition coefficient (Wildman–Crippen LogP) is 1.35. The summed E-state index contributed by atoms with van der Waals surface area (Å²) < 4.78 is 26.7. The summed E-state index contributed by atoms with van der Waals surface area (Å²) in [7, 11) is 0. The highest BCUT2D eigenvalue weighted by molar-refractivity contribution is 5.78. The Morgan fingerprint density at radius 2 is 1.72 bits per heavy atom. The van der Waals surface area contributed by atoms with Gasteiger partial charge in [-0.1, -0.05) is 30.3 Å². The van der Waals surface area contributed by atoms with Crippen LogP contribution in [0, 0.1) is 5.92 Å². The average Bonchev–Trinajstić information content (AvgIpc) is 2.56. The number of hydrogen-bond donors (Lipinski definition) is 4. The van der Waals surface area contributed by atoms with E-state index in [1.165, 1.54) is 0 Å². The molecule has 1 fully saturated rings. The van der Waals surface area contributed by atoms with Gasteiger partial charge in [0.25, 0.3) is 0 Å². The zero-order valence-electron chi connectivity index (χ0n) is 14.1. The molecule has 0 heterocycles. The van der Waals surface area contributed by atoms with Crippen LogP contribution in [-0.2, 0) is 11.2 Å². The summed E-state index contributed by atoms with van der Waals surface area (Å²) >= 11 is 0. The minimum atomic E-state index is -2.84. The number of hydrogen-bond acceptors (Lipinski definition) is 4. The van der Waals surface area contributed by atoms with Crippen LogP contribution in [0.4, 0.5) is 8.78 Å². The van der Waals surface area contributed by atoms with Crippen LogP contribution in [0.1, 0.15) is 37.7 Å². The standard InChI is InChI=1S/C18H26F2N2O3/c19-18(20)8-6-17(25,7-9-18)13(16(22)24)11-15(23)14(21)10-12-4-2-1-3-5-12/h1-5,13-15,23,25H,6-11,21H2,(H2,22,24)/t13-,14+,15+/m1/s1. The number of benzene rings is 1. The number of halogens is 2. The second-order valence-electron chi connectivity index (χ2n) is 7.07. The molecule has 0 spiro atoms. The van der Waals surface area contributed by atoms with Gasteiger partial charge >= 0.3 is 0 Å². The van der Waals surface area contributed by atoms with Crippen LogP contribution in [0.25, 0.3) is 0 Å². The summed E-state index contributed by atoms with van der Waals surface area (Å²) in [6.45, 7) is 0. The lowest BCUT2D eigenvalue weighted by molar-refractivity contribution is -0.152. The van der Waals surface area contributed by atoms with Gasteiger partial charge in [0.1, 0.15) is 0 Å². The van der Waals surface area contributed by atoms with Crippen LogP contribution in [0.5, 0.6) is 0 Å². The van der Waals surface area contributed by atoms with E-state index < -0.39 is 48.3 Å². The van der Waals surface area contributed by atoms with Gasteiger partial charge in [0.15, 0.2) is 0 Å². The van der Waals surface area contributed by atoms with Crippen molar-refractivity contribution in [1.29, 1.82) is 0 Å². The molecule has 1 aromatic carbocycles. The van der Waals surface area contributed by atoms with Gasteiger partial charge in [0.2, 0.25) is 11.8 Å². The van der Waals surface area contributed by atoms with Gasteiger partial charge in [0.05, 0.1) is 17.6 Å². The Morgan fingerprint density at radius 1 is 1.16 bits per heavy atom. The van der Waals surface area contributed by atoms with Gasteiger partial charge in [-0.3, -0.25) is 4.79 Å². The fourth-order valence-electron chi connectivity index (χ4n) is 3.44. The molecule has 0 aliphatic heterocycles. The third-order valence-electron chi connectivity index (χ3n) is 5.13. The van der Waals surface area contributed by atoms with Crippen molar-refractivity contribution in [3.8, 4) is 0 Å². The Kier molecular flexibility index (Phi) is 6.13. The topological polar surface area (TPSA) is 110 Å². The Balaban J connectivity index is 2.02. The molecule has 1 saturated carbocycles. The highest BCUT2D eigenvalue weighted by Crippen LogP contribution is 2.43. The summed E-state index contributed by atoms with van der Waals surface area (Å²) in [4.78, 5) is 11.8. The Morgan fingerprint density at radius 3 is 2.24 bits per heavy atom. The molecule has 140 valence electrons. The highest BCUT2D eigenvalue weighted by Gasteiger charge is 2.49. The molecule has 7 heteroatoms. The molecule has 2 rings (SSSR count). The SMILES string of the molecule is NC(=O)[C@@H](C[C@H](O)[C@@H](N)Cc1ccccc1)C1(O)CCC(F)(F)CC1. The van der Waals surface area contributed by atoms with Crippen molar-refractivity contribution >= 4 is 5.91 Å². The van der Waals surface area contributed by atoms with Crippen molar-refractivity contribution in [2.45, 2.75) is 62.2 Å². The van der Waals surface area contributed by atoms with Crippen molar-refractivity contribution < 1.29 is 23.8 Å². The highest BCUT2D eigenvalue weighted by atomic mass is 19.3. The van der Waals surface area contributed by atoms with Crippen LogP contribution in [0.3, 0.4) is 0 Å². The van der Waals surface area contributed by atoms with E-state index in [1.807, 2.05) is 30.3 Å². The first-order valence-corrected chi connectivity index (χ1v) is 8.50. The Hall–Kier alpha value is -1.57. The molecule has 0 radical (unpaired) electrons. The number of nitrogens with two attached hydrogens (primary N) is 2. The van der Waals surface area contributed by atoms with E-state index in [-0.39, 0.29) is 19.3 Å². The third kappa shape index (κ3) is 5.20. The lowest BCUT2D eigenvalue weighted by Crippen LogP contribution is -2.52. The second-order valence-corrected chi connectivity index (χ2v) is 7.07. The maximum absolute atomic E-state index is 13.3. The number of primary amides is 1. The first kappa shape index (κ1) is 19.8. The summed E-state index contributed by atoms with van der Waals surface area (Å²) in [5.74, 6) is -4.75. The molecule has 1 amide bonds. The van der Waals surface area contributed by atoms with Crippen LogP contribution >= 0.6 is 0 Å². The van der Waals surface area contributed by atoms with Crippen molar-refractivity contribution in [3.05, 3.63) is 35.9 Å². The van der Waals surface area contributed by atoms with E-state index >= 15 is 0 Å². The Labute approximate surface area is 146 Å². The van der Waals surface area contributed by atoms with Gasteiger partial charge in [-0.2, -0.15) is 0 Å². The predicted molar refractivity (Wildman–Crippen MR) is 89.8 cm³/mol. The van der Waals surface area contributed by atoms with Crippen LogP contribution in [0.2, 0.25) is 0 Å². The van der Waals surface area contributed by atoms with Crippen molar-refractivity contribution in [2.75, 3.05) is 0 Å². The summed E-state index contributed by atoms with van der Waals surface area (Å²) in [6, 6.07) is 8.65. The zero-order valence-corrected chi connectivity index (χ0v) is 14.1. The molecule has 25 heavy (non-hydrogen) atoms. The van der Waals surface area contributed by atoms with E-state index in [0.29, 0.717) is 6.42 Å². The van der Waals surface area contributed by atoms with E-state index in [9.17, 15) is 23.8 Å². The van der Waals surface area contributed by atoms with Crippen molar-refractivity contribution in [2.24, 2.45) is 17.4 Å². The van der Waals surface area contributed by atoms with Gasteiger partial charge in [0, 0.05) is 18.9 Å². The smallest absolute Gasteiger partial charge is 0.248 e. The molecule has 0 saturated heterocycles. The molecular formula is C18H26F2N2O3. The molecule has 3 atom stereocenters. The first-order chi connectivity index (χ1) is 11.6. The second kappa shape index (κ2) is 7.76. The zero-order chi connectivity index (χ0) is 18.7. The number of amides is 1. The monoisotopic (exact) mass is 356 g/mol. The quantitative estimate of drug-likeness (QED) is 0.591. The maximum Gasteiger partial charge on any atom is 0.248 e. The molecular weight excluding hydrogens is 330 g/mol. The van der Waals surface area contributed by atoms with E-state index in [4.69, 9.17) is 11.5 Å². The van der Waals surface area contributed by atoms with E-state index in [1.54, 1.807) is 0 Å². The molecule has 1 aliphatic carbocycles. The third-order valence-corrected chi connectivity index (χ3v) is 5.13. The van der Waals surface area contributed by atoms with Gasteiger partial charge in [-0.25, -0.2) is 8.78 Å². The molecule has 0 unspecified atom stereocenters. The van der Waals surface area contributed by atoms with Crippen LogP contribution in [-0.4, -0.2) is 39.8 Å². The summed E-state index contributed by atoms with van der Waals surface area (Å²) in [5.41, 5.74) is 10.7. The number of carbonyl (C=O) groups excluding carboxylic acids is 1. The van der Waals surface area contributed by atoms with Crippen molar-refractivity contribution in [3.63, 3.8) is 0 Å². The van der Waals surface area contributed by atoms with Gasteiger partial charge in [-0.15, -0.1) is 0 Å². The molecule has 1 aliphatic rings. The fraction of sp³-hybridized carbons (Fsp3) is 0.611. The number of rotatable bonds is 7. The molecule has 5 nitrogen and oxygen atoms in total. The van der Waals surface area contributed by atoms with Crippen LogP contribution < -0.4 is 11.5 Å². The van der Waals surface area contributed by atoms with E-state index in [0.717, 1.165) is 5.56 Å². The number of aliphatic hydroxyl groups excluding tert-OH is 1. The lowest BCUT2D eigenvalue weighted by Gasteiger charge is -2.41. The molecule has 1 aromatic rings. The summed E-state index contributed by atoms with van der Waals surface area (Å²) in [5, 5.41) is 21.0. The molecule has 0 bridgehead atoms. The molecule has 6 N–H and O–H groups in total. The Bertz CT molecular complexity index is 573. The minimum Gasteiger partial charge on any atom is -0.391 e. The van der Waals surface area contributed by atoms with Gasteiger partial charge < -0.3 is 21.7 Å². The number of alkyl halides is 2. The van der Waals surface area contributed by atoms with E-state index in [2.05, 4.69) is 0 Å². The number of aliphatic hydroxyl groups is 2.